The Kier molecular flexibility index (Phi) is 36.4. The lowest BCUT2D eigenvalue weighted by Gasteiger charge is -2.20. The van der Waals surface area contributed by atoms with Crippen molar-refractivity contribution in [2.24, 2.45) is 5.73 Å². The molecule has 0 aliphatic rings. The highest BCUT2D eigenvalue weighted by Crippen LogP contribution is 2.43. The first-order valence-corrected chi connectivity index (χ1v) is 21.6. The van der Waals surface area contributed by atoms with Gasteiger partial charge in [-0.1, -0.05) is 144 Å². The Balaban J connectivity index is 4.45. The van der Waals surface area contributed by atoms with Crippen LogP contribution in [0, 0.1) is 0 Å². The van der Waals surface area contributed by atoms with E-state index in [2.05, 4.69) is 85.2 Å². The summed E-state index contributed by atoms with van der Waals surface area (Å²) >= 11 is 0. The number of carboxylic acids is 1. The molecule has 0 saturated heterocycles. The number of unbranched alkanes of at least 4 members (excludes halogenated alkanes) is 10. The van der Waals surface area contributed by atoms with Gasteiger partial charge in [0.05, 0.1) is 26.2 Å². The molecule has 0 spiro atoms. The topological polar surface area (TPSA) is 155 Å². The summed E-state index contributed by atoms with van der Waals surface area (Å²) in [5, 5.41) is 8.88. The summed E-state index contributed by atoms with van der Waals surface area (Å²) in [4.78, 5) is 33.4. The lowest BCUT2D eigenvalue weighted by Crippen LogP contribution is -2.34. The van der Waals surface area contributed by atoms with E-state index in [4.69, 9.17) is 24.8 Å². The summed E-state index contributed by atoms with van der Waals surface area (Å²) in [7, 11) is -4.65. The number of aliphatic carboxylic acids is 1. The first kappa shape index (κ1) is 51.1. The molecule has 0 aromatic carbocycles. The summed E-state index contributed by atoms with van der Waals surface area (Å²) in [6, 6.07) is -1.49. The molecule has 0 radical (unpaired) electrons. The van der Waals surface area contributed by atoms with Crippen molar-refractivity contribution < 1.29 is 42.7 Å². The van der Waals surface area contributed by atoms with Crippen LogP contribution >= 0.6 is 7.82 Å². The highest BCUT2D eigenvalue weighted by Gasteiger charge is 2.27. The van der Waals surface area contributed by atoms with Crippen LogP contribution in [0.3, 0.4) is 0 Å². The Labute approximate surface area is 326 Å². The predicted molar refractivity (Wildman–Crippen MR) is 221 cm³/mol. The van der Waals surface area contributed by atoms with Gasteiger partial charge in [-0.05, 0) is 70.6 Å². The summed E-state index contributed by atoms with van der Waals surface area (Å²) < 4.78 is 33.1. The van der Waals surface area contributed by atoms with Crippen molar-refractivity contribution in [3.63, 3.8) is 0 Å². The number of rotatable bonds is 37. The molecule has 0 bridgehead atoms. The van der Waals surface area contributed by atoms with E-state index >= 15 is 0 Å². The molecule has 0 aromatic heterocycles. The molecule has 0 aliphatic carbocycles. The van der Waals surface area contributed by atoms with E-state index < -0.39 is 45.1 Å². The standard InChI is InChI=1S/C43H72NO9P/c1-3-5-7-9-11-13-15-17-19-20-22-24-26-28-30-32-34-36-50-37-40(38-51-54(48,49)52-39-41(44)43(46)47)53-42(45)35-33-31-29-27-25-23-21-18-16-14-12-10-8-6-4-2/h6,8,12-15,18-21,25,27,31,33,40-41H,3-5,7,9-11,16-17,22-24,26,28-30,32,34-39,44H2,1-2H3,(H,46,47)(H,48,49)/b8-6-,14-12-,15-13-,20-19-,21-18-,27-25-,33-31-. The first-order valence-electron chi connectivity index (χ1n) is 20.1. The fourth-order valence-electron chi connectivity index (χ4n) is 4.82. The maximum absolute atomic E-state index is 12.5. The summed E-state index contributed by atoms with van der Waals surface area (Å²) in [6.45, 7) is 3.57. The molecule has 54 heavy (non-hydrogen) atoms. The number of ether oxygens (including phenoxy) is 2. The highest BCUT2D eigenvalue weighted by molar-refractivity contribution is 7.47. The number of carbonyl (C=O) groups is 2. The lowest BCUT2D eigenvalue weighted by atomic mass is 10.1. The number of hydrogen-bond donors (Lipinski definition) is 3. The van der Waals surface area contributed by atoms with Crippen molar-refractivity contribution in [2.75, 3.05) is 26.4 Å². The molecular weight excluding hydrogens is 705 g/mol. The zero-order valence-electron chi connectivity index (χ0n) is 33.3. The maximum Gasteiger partial charge on any atom is 0.472 e. The van der Waals surface area contributed by atoms with Crippen LogP contribution in [0.4, 0.5) is 0 Å². The average molecular weight is 778 g/mol. The Bertz CT molecular complexity index is 1180. The quantitative estimate of drug-likeness (QED) is 0.0240. The number of carboxylic acid groups (broad SMARTS) is 1. The molecule has 0 fully saturated rings. The van der Waals surface area contributed by atoms with Crippen molar-refractivity contribution in [2.45, 2.75) is 148 Å². The van der Waals surface area contributed by atoms with Crippen LogP contribution in [-0.4, -0.2) is 60.5 Å². The van der Waals surface area contributed by atoms with Crippen LogP contribution in [0.5, 0.6) is 0 Å². The molecule has 0 rings (SSSR count). The smallest absolute Gasteiger partial charge is 0.472 e. The third-order valence-electron chi connectivity index (χ3n) is 7.94. The number of phosphoric ester groups is 1. The van der Waals surface area contributed by atoms with E-state index in [1.54, 1.807) is 6.08 Å². The van der Waals surface area contributed by atoms with Crippen LogP contribution in [0.25, 0.3) is 0 Å². The van der Waals surface area contributed by atoms with Crippen molar-refractivity contribution >= 4 is 19.8 Å². The van der Waals surface area contributed by atoms with E-state index in [0.717, 1.165) is 64.2 Å². The van der Waals surface area contributed by atoms with Crippen molar-refractivity contribution in [3.8, 4) is 0 Å². The number of esters is 1. The number of hydrogen-bond acceptors (Lipinski definition) is 8. The Morgan fingerprint density at radius 3 is 1.61 bits per heavy atom. The van der Waals surface area contributed by atoms with Crippen molar-refractivity contribution in [1.82, 2.24) is 0 Å². The van der Waals surface area contributed by atoms with Crippen LogP contribution < -0.4 is 5.73 Å². The van der Waals surface area contributed by atoms with Gasteiger partial charge in [0.2, 0.25) is 0 Å². The molecule has 0 aliphatic heterocycles. The molecular formula is C43H72NO9P. The maximum atomic E-state index is 12.5. The van der Waals surface area contributed by atoms with Gasteiger partial charge in [0.1, 0.15) is 12.1 Å². The van der Waals surface area contributed by atoms with Gasteiger partial charge < -0.3 is 25.2 Å². The Hall–Kier alpha value is -2.85. The monoisotopic (exact) mass is 777 g/mol. The molecule has 0 amide bonds. The third-order valence-corrected chi connectivity index (χ3v) is 8.89. The molecule has 10 nitrogen and oxygen atoms in total. The largest absolute Gasteiger partial charge is 0.480 e. The number of phosphoric acid groups is 1. The minimum absolute atomic E-state index is 0.0107. The van der Waals surface area contributed by atoms with Crippen LogP contribution in [-0.2, 0) is 32.7 Å². The van der Waals surface area contributed by atoms with E-state index in [9.17, 15) is 19.0 Å². The normalized spacial score (nSPS) is 14.9. The van der Waals surface area contributed by atoms with Gasteiger partial charge >= 0.3 is 19.8 Å². The van der Waals surface area contributed by atoms with E-state index in [1.807, 2.05) is 12.2 Å². The van der Waals surface area contributed by atoms with Crippen LogP contribution in [0.15, 0.2) is 85.1 Å². The van der Waals surface area contributed by atoms with Gasteiger partial charge in [-0.2, -0.15) is 0 Å². The summed E-state index contributed by atoms with van der Waals surface area (Å²) in [5.74, 6) is -1.93. The van der Waals surface area contributed by atoms with Crippen molar-refractivity contribution in [3.05, 3.63) is 85.1 Å². The minimum Gasteiger partial charge on any atom is -0.480 e. The van der Waals surface area contributed by atoms with Crippen molar-refractivity contribution in [1.29, 1.82) is 0 Å². The van der Waals surface area contributed by atoms with Crippen LogP contribution in [0.2, 0.25) is 0 Å². The number of nitrogens with two attached hydrogens (primary N) is 1. The molecule has 308 valence electrons. The molecule has 0 heterocycles. The molecule has 4 N–H and O–H groups in total. The fourth-order valence-corrected chi connectivity index (χ4v) is 5.60. The summed E-state index contributed by atoms with van der Waals surface area (Å²) in [5.41, 5.74) is 5.34. The second-order valence-corrected chi connectivity index (χ2v) is 14.5. The van der Waals surface area contributed by atoms with E-state index in [0.29, 0.717) is 13.0 Å². The van der Waals surface area contributed by atoms with Gasteiger partial charge in [-0.3, -0.25) is 18.6 Å². The predicted octanol–water partition coefficient (Wildman–Crippen LogP) is 10.8. The molecule has 11 heteroatoms. The molecule has 0 saturated carbocycles. The second-order valence-electron chi connectivity index (χ2n) is 13.0. The number of carbonyl (C=O) groups excluding carboxylic acids is 1. The SMILES string of the molecule is CC/C=C\C/C=C\C/C=C\C/C=C\C/C=C\CC(=O)OC(COCCCCCCCC/C=C\C/C=C\CCCCCC)COP(=O)(O)OCC(N)C(=O)O. The lowest BCUT2D eigenvalue weighted by molar-refractivity contribution is -0.153. The van der Waals surface area contributed by atoms with Gasteiger partial charge in [0.15, 0.2) is 0 Å². The van der Waals surface area contributed by atoms with Gasteiger partial charge in [0.25, 0.3) is 0 Å². The van der Waals surface area contributed by atoms with E-state index in [1.165, 1.54) is 44.9 Å². The van der Waals surface area contributed by atoms with E-state index in [-0.39, 0.29) is 13.0 Å². The van der Waals surface area contributed by atoms with Crippen LogP contribution in [0.1, 0.15) is 136 Å². The third kappa shape index (κ3) is 37.5. The average Bonchev–Trinajstić information content (AvgIpc) is 3.15. The molecule has 3 atom stereocenters. The minimum atomic E-state index is -4.65. The molecule has 3 unspecified atom stereocenters. The highest BCUT2D eigenvalue weighted by atomic mass is 31.2. The number of allylic oxidation sites excluding steroid dienone is 13. The first-order chi connectivity index (χ1) is 26.2. The Morgan fingerprint density at radius 1 is 0.611 bits per heavy atom. The van der Waals surface area contributed by atoms with Gasteiger partial charge in [0, 0.05) is 6.61 Å². The zero-order chi connectivity index (χ0) is 39.8. The zero-order valence-corrected chi connectivity index (χ0v) is 34.2. The Morgan fingerprint density at radius 2 is 1.07 bits per heavy atom. The second kappa shape index (κ2) is 38.4. The van der Waals surface area contributed by atoms with Gasteiger partial charge in [-0.15, -0.1) is 0 Å². The molecule has 0 aromatic rings. The summed E-state index contributed by atoms with van der Waals surface area (Å²) in [6.07, 6.45) is 48.1. The van der Waals surface area contributed by atoms with Gasteiger partial charge in [-0.25, -0.2) is 4.57 Å². The fraction of sp³-hybridized carbons (Fsp3) is 0.628.